The molecule has 0 bridgehead atoms. The molecular weight excluding hydrogens is 206 g/mol. The predicted molar refractivity (Wildman–Crippen MR) is 60.9 cm³/mol. The van der Waals surface area contributed by atoms with Gasteiger partial charge in [0.15, 0.2) is 0 Å². The smallest absolute Gasteiger partial charge is 0.350 e. The number of nitrogen functional groups attached to an aromatic ring is 1. The highest BCUT2D eigenvalue weighted by atomic mass is 16.3. The fourth-order valence-electron chi connectivity index (χ4n) is 1.98. The van der Waals surface area contributed by atoms with E-state index in [1.165, 1.54) is 0 Å². The van der Waals surface area contributed by atoms with Gasteiger partial charge in [0.25, 0.3) is 0 Å². The van der Waals surface area contributed by atoms with Crippen molar-refractivity contribution in [1.82, 2.24) is 9.55 Å². The van der Waals surface area contributed by atoms with Gasteiger partial charge in [-0.1, -0.05) is 12.2 Å². The third-order valence-electron chi connectivity index (χ3n) is 2.87. The summed E-state index contributed by atoms with van der Waals surface area (Å²) in [6, 6.07) is 1.59. The molecule has 2 rings (SSSR count). The molecule has 1 aromatic rings. The van der Waals surface area contributed by atoms with Gasteiger partial charge in [0.1, 0.15) is 5.82 Å². The van der Waals surface area contributed by atoms with Crippen molar-refractivity contribution in [2.75, 3.05) is 12.3 Å². The Balaban J connectivity index is 2.27. The molecule has 0 amide bonds. The van der Waals surface area contributed by atoms with Crippen molar-refractivity contribution in [2.45, 2.75) is 18.9 Å². The van der Waals surface area contributed by atoms with Crippen LogP contribution < -0.4 is 11.4 Å². The maximum absolute atomic E-state index is 11.6. The van der Waals surface area contributed by atoms with Crippen LogP contribution in [0.2, 0.25) is 0 Å². The molecule has 0 unspecified atom stereocenters. The van der Waals surface area contributed by atoms with E-state index in [0.29, 0.717) is 0 Å². The molecule has 1 aliphatic carbocycles. The number of nitrogens with two attached hydrogens (primary N) is 1. The van der Waals surface area contributed by atoms with Crippen molar-refractivity contribution in [3.63, 3.8) is 0 Å². The summed E-state index contributed by atoms with van der Waals surface area (Å²) in [6.45, 7) is 0.151. The Bertz CT molecular complexity index is 453. The summed E-state index contributed by atoms with van der Waals surface area (Å²) < 4.78 is 1.55. The molecule has 0 saturated heterocycles. The zero-order valence-electron chi connectivity index (χ0n) is 8.91. The van der Waals surface area contributed by atoms with Gasteiger partial charge < -0.3 is 10.8 Å². The highest BCUT2D eigenvalue weighted by molar-refractivity contribution is 5.24. The third-order valence-corrected chi connectivity index (χ3v) is 2.87. The standard InChI is InChI=1S/C11H15N3O2/c12-10-4-5-14(11(16)13-10)9-3-1-2-8(6-9)7-15/h1,3-5,8-9,15H,2,6-7H2,(H2,12,13,16)/t8-,9+/m0/s1. The fourth-order valence-corrected chi connectivity index (χ4v) is 1.98. The molecule has 0 radical (unpaired) electrons. The van der Waals surface area contributed by atoms with Crippen LogP contribution >= 0.6 is 0 Å². The van der Waals surface area contributed by atoms with Gasteiger partial charge in [-0.25, -0.2) is 4.79 Å². The number of nitrogens with zero attached hydrogens (tertiary/aromatic N) is 2. The Labute approximate surface area is 93.2 Å². The van der Waals surface area contributed by atoms with E-state index in [0.717, 1.165) is 12.8 Å². The minimum absolute atomic E-state index is 0.0218. The quantitative estimate of drug-likeness (QED) is 0.705. The minimum atomic E-state index is -0.340. The van der Waals surface area contributed by atoms with E-state index < -0.39 is 0 Å². The molecule has 0 saturated carbocycles. The maximum Gasteiger partial charge on any atom is 0.350 e. The molecule has 1 aromatic heterocycles. The average Bonchev–Trinajstić information content (AvgIpc) is 2.29. The van der Waals surface area contributed by atoms with Crippen LogP contribution in [-0.4, -0.2) is 21.3 Å². The molecule has 86 valence electrons. The summed E-state index contributed by atoms with van der Waals surface area (Å²) in [6.07, 6.45) is 7.26. The van der Waals surface area contributed by atoms with Crippen LogP contribution in [0.5, 0.6) is 0 Å². The number of aliphatic hydroxyl groups is 1. The molecule has 5 nitrogen and oxygen atoms in total. The summed E-state index contributed by atoms with van der Waals surface area (Å²) in [5, 5.41) is 9.11. The van der Waals surface area contributed by atoms with Gasteiger partial charge in [-0.15, -0.1) is 0 Å². The summed E-state index contributed by atoms with van der Waals surface area (Å²) >= 11 is 0. The zero-order valence-corrected chi connectivity index (χ0v) is 8.91. The molecule has 0 aromatic carbocycles. The first kappa shape index (κ1) is 10.9. The molecule has 0 aliphatic heterocycles. The number of aromatic nitrogens is 2. The van der Waals surface area contributed by atoms with Crippen molar-refractivity contribution in [3.05, 3.63) is 34.9 Å². The Morgan fingerprint density at radius 3 is 3.12 bits per heavy atom. The van der Waals surface area contributed by atoms with E-state index in [1.807, 2.05) is 12.2 Å². The largest absolute Gasteiger partial charge is 0.396 e. The normalized spacial score (nSPS) is 24.6. The van der Waals surface area contributed by atoms with Crippen LogP contribution in [0.4, 0.5) is 5.82 Å². The monoisotopic (exact) mass is 221 g/mol. The van der Waals surface area contributed by atoms with E-state index in [-0.39, 0.29) is 30.1 Å². The van der Waals surface area contributed by atoms with Crippen LogP contribution in [0.3, 0.4) is 0 Å². The van der Waals surface area contributed by atoms with Gasteiger partial charge in [0, 0.05) is 12.8 Å². The molecule has 2 atom stereocenters. The van der Waals surface area contributed by atoms with Crippen molar-refractivity contribution in [1.29, 1.82) is 0 Å². The van der Waals surface area contributed by atoms with E-state index in [2.05, 4.69) is 4.98 Å². The molecule has 1 aliphatic rings. The lowest BCUT2D eigenvalue weighted by Crippen LogP contribution is -2.29. The van der Waals surface area contributed by atoms with E-state index in [1.54, 1.807) is 16.8 Å². The zero-order chi connectivity index (χ0) is 11.5. The molecule has 1 heterocycles. The van der Waals surface area contributed by atoms with E-state index >= 15 is 0 Å². The van der Waals surface area contributed by atoms with Crippen molar-refractivity contribution < 1.29 is 5.11 Å². The number of anilines is 1. The maximum atomic E-state index is 11.6. The van der Waals surface area contributed by atoms with Gasteiger partial charge in [-0.2, -0.15) is 4.98 Å². The van der Waals surface area contributed by atoms with Gasteiger partial charge in [-0.3, -0.25) is 4.57 Å². The number of hydrogen-bond acceptors (Lipinski definition) is 4. The highest BCUT2D eigenvalue weighted by Crippen LogP contribution is 2.25. The summed E-state index contributed by atoms with van der Waals surface area (Å²) in [5.74, 6) is 0.458. The first-order chi connectivity index (χ1) is 7.70. The Kier molecular flexibility index (Phi) is 3.05. The second kappa shape index (κ2) is 4.49. The molecular formula is C11H15N3O2. The van der Waals surface area contributed by atoms with E-state index in [9.17, 15) is 4.79 Å². The number of hydrogen-bond donors (Lipinski definition) is 2. The number of allylic oxidation sites excluding steroid dienone is 2. The molecule has 0 spiro atoms. The molecule has 5 heteroatoms. The van der Waals surface area contributed by atoms with Gasteiger partial charge in [0.2, 0.25) is 0 Å². The second-order valence-corrected chi connectivity index (χ2v) is 4.06. The SMILES string of the molecule is Nc1ccn([C@@H]2C=CC[C@H](CO)C2)c(=O)n1. The fraction of sp³-hybridized carbons (Fsp3) is 0.455. The number of rotatable bonds is 2. The first-order valence-corrected chi connectivity index (χ1v) is 5.33. The third kappa shape index (κ3) is 2.14. The average molecular weight is 221 g/mol. The minimum Gasteiger partial charge on any atom is -0.396 e. The lowest BCUT2D eigenvalue weighted by atomic mass is 9.91. The first-order valence-electron chi connectivity index (χ1n) is 5.33. The molecule has 3 N–H and O–H groups in total. The van der Waals surface area contributed by atoms with Gasteiger partial charge in [-0.05, 0) is 24.8 Å². The van der Waals surface area contributed by atoms with Gasteiger partial charge in [0.05, 0.1) is 6.04 Å². The summed E-state index contributed by atoms with van der Waals surface area (Å²) in [4.78, 5) is 15.3. The van der Waals surface area contributed by atoms with Crippen LogP contribution in [-0.2, 0) is 0 Å². The van der Waals surface area contributed by atoms with E-state index in [4.69, 9.17) is 10.8 Å². The van der Waals surface area contributed by atoms with Crippen molar-refractivity contribution in [2.24, 2.45) is 5.92 Å². The van der Waals surface area contributed by atoms with Crippen molar-refractivity contribution in [3.8, 4) is 0 Å². The highest BCUT2D eigenvalue weighted by Gasteiger charge is 2.19. The van der Waals surface area contributed by atoms with Crippen LogP contribution in [0.25, 0.3) is 0 Å². The predicted octanol–water partition coefficient (Wildman–Crippen LogP) is 0.325. The van der Waals surface area contributed by atoms with Gasteiger partial charge >= 0.3 is 5.69 Å². The van der Waals surface area contributed by atoms with Crippen molar-refractivity contribution >= 4 is 5.82 Å². The molecule has 0 fully saturated rings. The Hall–Kier alpha value is -1.62. The topological polar surface area (TPSA) is 81.1 Å². The Morgan fingerprint density at radius 2 is 2.44 bits per heavy atom. The second-order valence-electron chi connectivity index (χ2n) is 4.06. The summed E-state index contributed by atoms with van der Waals surface area (Å²) in [7, 11) is 0. The van der Waals surface area contributed by atoms with Crippen LogP contribution in [0.15, 0.2) is 29.2 Å². The summed E-state index contributed by atoms with van der Waals surface area (Å²) in [5.41, 5.74) is 5.09. The molecule has 16 heavy (non-hydrogen) atoms. The lowest BCUT2D eigenvalue weighted by molar-refractivity contribution is 0.203. The lowest BCUT2D eigenvalue weighted by Gasteiger charge is -2.24. The van der Waals surface area contributed by atoms with Crippen LogP contribution in [0.1, 0.15) is 18.9 Å². The number of aliphatic hydroxyl groups excluding tert-OH is 1. The Morgan fingerprint density at radius 1 is 1.62 bits per heavy atom. The van der Waals surface area contributed by atoms with Crippen LogP contribution in [0, 0.1) is 5.92 Å².